The van der Waals surface area contributed by atoms with E-state index in [1.165, 1.54) is 19.1 Å². The first-order valence-electron chi connectivity index (χ1n) is 8.80. The Labute approximate surface area is 163 Å². The van der Waals surface area contributed by atoms with Gasteiger partial charge in [0.05, 0.1) is 6.07 Å². The third-order valence-electron chi connectivity index (χ3n) is 4.45. The molecule has 0 bridgehead atoms. The zero-order chi connectivity index (χ0) is 19.9. The number of carbonyl (C=O) groups is 3. The zero-order valence-corrected chi connectivity index (χ0v) is 15.8. The quantitative estimate of drug-likeness (QED) is 0.723. The minimum atomic E-state index is -0.930. The molecular formula is C19H22ClN3O4. The molecule has 7 nitrogen and oxygen atoms in total. The molecule has 1 aliphatic carbocycles. The topological polar surface area (TPSA) is 108 Å². The molecule has 27 heavy (non-hydrogen) atoms. The molecule has 1 saturated carbocycles. The number of ether oxygens (including phenoxy) is 1. The molecule has 0 aliphatic heterocycles. The van der Waals surface area contributed by atoms with E-state index in [0.717, 1.165) is 19.3 Å². The lowest BCUT2D eigenvalue weighted by molar-refractivity contribution is -0.150. The third kappa shape index (κ3) is 5.97. The highest BCUT2D eigenvalue weighted by molar-refractivity contribution is 6.30. The first kappa shape index (κ1) is 20.7. The summed E-state index contributed by atoms with van der Waals surface area (Å²) in [6.45, 7) is 0.968. The lowest BCUT2D eigenvalue weighted by Gasteiger charge is -2.31. The number of carbonyl (C=O) groups excluding carboxylic acids is 3. The molecule has 1 fully saturated rings. The molecule has 0 spiro atoms. The summed E-state index contributed by atoms with van der Waals surface area (Å²) in [7, 11) is 0. The molecule has 144 valence electrons. The van der Waals surface area contributed by atoms with Crippen molar-refractivity contribution in [3.05, 3.63) is 34.9 Å². The van der Waals surface area contributed by atoms with Crippen LogP contribution in [-0.2, 0) is 14.3 Å². The molecule has 2 rings (SSSR count). The molecule has 1 aliphatic rings. The SMILES string of the molecule is C[C@H](NC(=O)c1ccc(Cl)cc1)C(=O)OCC(=O)NC1(C#N)CCCCC1. The van der Waals surface area contributed by atoms with Gasteiger partial charge in [-0.2, -0.15) is 5.26 Å². The Morgan fingerprint density at radius 1 is 1.22 bits per heavy atom. The fourth-order valence-corrected chi connectivity index (χ4v) is 3.05. The summed E-state index contributed by atoms with van der Waals surface area (Å²) >= 11 is 5.77. The molecule has 2 amide bonds. The summed E-state index contributed by atoms with van der Waals surface area (Å²) in [4.78, 5) is 36.1. The standard InChI is InChI=1S/C19H22ClN3O4/c1-13(22-17(25)14-5-7-15(20)8-6-14)18(26)27-11-16(24)23-19(12-21)9-3-2-4-10-19/h5-8,13H,2-4,9-11H2,1H3,(H,22,25)(H,23,24)/t13-/m0/s1. The van der Waals surface area contributed by atoms with Gasteiger partial charge >= 0.3 is 5.97 Å². The second kappa shape index (κ2) is 9.38. The number of rotatable bonds is 6. The summed E-state index contributed by atoms with van der Waals surface area (Å²) in [5, 5.41) is 15.0. The first-order valence-corrected chi connectivity index (χ1v) is 9.18. The average Bonchev–Trinajstić information content (AvgIpc) is 2.67. The number of hydrogen-bond acceptors (Lipinski definition) is 5. The Balaban J connectivity index is 1.80. The molecule has 0 aromatic heterocycles. The number of benzene rings is 1. The fourth-order valence-electron chi connectivity index (χ4n) is 2.92. The van der Waals surface area contributed by atoms with Crippen LogP contribution >= 0.6 is 11.6 Å². The van der Waals surface area contributed by atoms with Gasteiger partial charge in [0.2, 0.25) is 0 Å². The number of nitriles is 1. The van der Waals surface area contributed by atoms with Crippen LogP contribution in [0, 0.1) is 11.3 Å². The van der Waals surface area contributed by atoms with Crippen LogP contribution in [0.25, 0.3) is 0 Å². The van der Waals surface area contributed by atoms with Gasteiger partial charge in [-0.25, -0.2) is 4.79 Å². The number of esters is 1. The third-order valence-corrected chi connectivity index (χ3v) is 4.70. The van der Waals surface area contributed by atoms with Crippen molar-refractivity contribution in [3.63, 3.8) is 0 Å². The van der Waals surface area contributed by atoms with Gasteiger partial charge in [-0.05, 0) is 44.0 Å². The maximum absolute atomic E-state index is 12.1. The molecule has 0 radical (unpaired) electrons. The van der Waals surface area contributed by atoms with Crippen molar-refractivity contribution in [1.82, 2.24) is 10.6 Å². The smallest absolute Gasteiger partial charge is 0.328 e. The van der Waals surface area contributed by atoms with E-state index in [-0.39, 0.29) is 0 Å². The molecule has 1 atom stereocenters. The van der Waals surface area contributed by atoms with E-state index in [1.54, 1.807) is 12.1 Å². The van der Waals surface area contributed by atoms with Crippen molar-refractivity contribution < 1.29 is 19.1 Å². The minimum Gasteiger partial charge on any atom is -0.454 e. The van der Waals surface area contributed by atoms with E-state index in [4.69, 9.17) is 16.3 Å². The summed E-state index contributed by atoms with van der Waals surface area (Å²) in [6.07, 6.45) is 3.98. The van der Waals surface area contributed by atoms with Gasteiger partial charge in [0.15, 0.2) is 6.61 Å². The van der Waals surface area contributed by atoms with E-state index in [2.05, 4.69) is 16.7 Å². The van der Waals surface area contributed by atoms with Crippen molar-refractivity contribution in [2.24, 2.45) is 0 Å². The van der Waals surface area contributed by atoms with Crippen LogP contribution < -0.4 is 10.6 Å². The van der Waals surface area contributed by atoms with E-state index < -0.39 is 36.0 Å². The second-order valence-corrected chi connectivity index (χ2v) is 7.05. The minimum absolute atomic E-state index is 0.352. The summed E-state index contributed by atoms with van der Waals surface area (Å²) in [5.41, 5.74) is -0.527. The number of nitrogens with zero attached hydrogens (tertiary/aromatic N) is 1. The normalized spacial score (nSPS) is 16.5. The number of hydrogen-bond donors (Lipinski definition) is 2. The highest BCUT2D eigenvalue weighted by Crippen LogP contribution is 2.27. The highest BCUT2D eigenvalue weighted by atomic mass is 35.5. The Morgan fingerprint density at radius 2 is 1.85 bits per heavy atom. The molecule has 0 unspecified atom stereocenters. The van der Waals surface area contributed by atoms with Gasteiger partial charge in [0.1, 0.15) is 11.6 Å². The van der Waals surface area contributed by atoms with Crippen molar-refractivity contribution >= 4 is 29.4 Å². The summed E-state index contributed by atoms with van der Waals surface area (Å²) in [5.74, 6) is -1.71. The highest BCUT2D eigenvalue weighted by Gasteiger charge is 2.33. The van der Waals surface area contributed by atoms with Gasteiger partial charge < -0.3 is 15.4 Å². The van der Waals surface area contributed by atoms with Crippen LogP contribution in [0.5, 0.6) is 0 Å². The number of amides is 2. The van der Waals surface area contributed by atoms with E-state index >= 15 is 0 Å². The van der Waals surface area contributed by atoms with E-state index in [0.29, 0.717) is 23.4 Å². The molecular weight excluding hydrogens is 370 g/mol. The summed E-state index contributed by atoms with van der Waals surface area (Å²) in [6, 6.07) is 7.45. The van der Waals surface area contributed by atoms with Crippen molar-refractivity contribution in [1.29, 1.82) is 5.26 Å². The molecule has 1 aromatic carbocycles. The second-order valence-electron chi connectivity index (χ2n) is 6.61. The lowest BCUT2D eigenvalue weighted by atomic mass is 9.83. The molecule has 1 aromatic rings. The van der Waals surface area contributed by atoms with Crippen LogP contribution in [0.1, 0.15) is 49.4 Å². The van der Waals surface area contributed by atoms with Crippen molar-refractivity contribution in [2.45, 2.75) is 50.6 Å². The van der Waals surface area contributed by atoms with E-state index in [9.17, 15) is 19.6 Å². The van der Waals surface area contributed by atoms with Gasteiger partial charge in [0.25, 0.3) is 11.8 Å². The van der Waals surface area contributed by atoms with Crippen LogP contribution in [-0.4, -0.2) is 36.0 Å². The van der Waals surface area contributed by atoms with E-state index in [1.807, 2.05) is 0 Å². The Morgan fingerprint density at radius 3 is 2.44 bits per heavy atom. The van der Waals surface area contributed by atoms with Crippen molar-refractivity contribution in [2.75, 3.05) is 6.61 Å². The van der Waals surface area contributed by atoms with Crippen LogP contribution in [0.2, 0.25) is 5.02 Å². The molecule has 2 N–H and O–H groups in total. The summed E-state index contributed by atoms with van der Waals surface area (Å²) < 4.78 is 4.96. The maximum atomic E-state index is 12.1. The van der Waals surface area contributed by atoms with Gasteiger partial charge in [-0.1, -0.05) is 30.9 Å². The van der Waals surface area contributed by atoms with Gasteiger partial charge in [0, 0.05) is 10.6 Å². The van der Waals surface area contributed by atoms with Crippen LogP contribution in [0.15, 0.2) is 24.3 Å². The zero-order valence-electron chi connectivity index (χ0n) is 15.1. The number of halogens is 1. The molecule has 0 saturated heterocycles. The largest absolute Gasteiger partial charge is 0.454 e. The van der Waals surface area contributed by atoms with Gasteiger partial charge in [-0.15, -0.1) is 0 Å². The lowest BCUT2D eigenvalue weighted by Crippen LogP contribution is -2.50. The Kier molecular flexibility index (Phi) is 7.19. The first-order chi connectivity index (χ1) is 12.8. The molecule has 8 heteroatoms. The number of nitrogens with one attached hydrogen (secondary N) is 2. The van der Waals surface area contributed by atoms with Crippen molar-refractivity contribution in [3.8, 4) is 6.07 Å². The Hall–Kier alpha value is -2.59. The predicted octanol–water partition coefficient (Wildman–Crippen LogP) is 2.34. The van der Waals surface area contributed by atoms with Crippen LogP contribution in [0.3, 0.4) is 0 Å². The van der Waals surface area contributed by atoms with Crippen LogP contribution in [0.4, 0.5) is 0 Å². The average molecular weight is 392 g/mol. The molecule has 0 heterocycles. The Bertz CT molecular complexity index is 736. The maximum Gasteiger partial charge on any atom is 0.328 e. The monoisotopic (exact) mass is 391 g/mol. The fraction of sp³-hybridized carbons (Fsp3) is 0.474. The van der Waals surface area contributed by atoms with Gasteiger partial charge in [-0.3, -0.25) is 9.59 Å². The predicted molar refractivity (Wildman–Crippen MR) is 98.9 cm³/mol.